The Morgan fingerprint density at radius 3 is 2.94 bits per heavy atom. The van der Waals surface area contributed by atoms with Gasteiger partial charge in [0.05, 0.1) is 26.9 Å². The third-order valence-corrected chi connectivity index (χ3v) is 4.40. The molecule has 3 rings (SSSR count). The molecule has 0 radical (unpaired) electrons. The first-order chi connectivity index (χ1) is 8.36. The van der Waals surface area contributed by atoms with Gasteiger partial charge >= 0.3 is 0 Å². The number of nitrogens with one attached hydrogen (secondary N) is 1. The molecule has 17 heavy (non-hydrogen) atoms. The summed E-state index contributed by atoms with van der Waals surface area (Å²) in [6, 6.07) is 7.91. The molecule has 1 aromatic carbocycles. The highest BCUT2D eigenvalue weighted by Gasteiger charge is 2.18. The van der Waals surface area contributed by atoms with Crippen LogP contribution in [-0.2, 0) is 0 Å². The summed E-state index contributed by atoms with van der Waals surface area (Å²) >= 11 is 1.74. The minimum absolute atomic E-state index is 0.596. The zero-order valence-corrected chi connectivity index (χ0v) is 10.3. The highest BCUT2D eigenvalue weighted by atomic mass is 32.1. The van der Waals surface area contributed by atoms with Crippen LogP contribution < -0.4 is 5.32 Å². The summed E-state index contributed by atoms with van der Waals surface area (Å²) in [7, 11) is 0. The van der Waals surface area contributed by atoms with Crippen molar-refractivity contribution in [2.75, 3.05) is 13.1 Å². The molecule has 1 fully saturated rings. The van der Waals surface area contributed by atoms with Gasteiger partial charge in [0.25, 0.3) is 0 Å². The molecule has 3 nitrogen and oxygen atoms in total. The van der Waals surface area contributed by atoms with Gasteiger partial charge in [-0.25, -0.2) is 4.98 Å². The maximum absolute atomic E-state index is 8.88. The van der Waals surface area contributed by atoms with Crippen molar-refractivity contribution in [2.45, 2.75) is 18.8 Å². The third-order valence-electron chi connectivity index (χ3n) is 3.22. The molecule has 1 aliphatic rings. The number of hydrogen-bond acceptors (Lipinski definition) is 4. The summed E-state index contributed by atoms with van der Waals surface area (Å²) < 4.78 is 1.14. The fourth-order valence-corrected chi connectivity index (χ4v) is 3.43. The Balaban J connectivity index is 1.98. The zero-order chi connectivity index (χ0) is 11.7. The number of nitrogens with zero attached hydrogens (tertiary/aromatic N) is 2. The lowest BCUT2D eigenvalue weighted by molar-refractivity contribution is 0.459. The minimum atomic E-state index is 0.596. The average molecular weight is 243 g/mol. The SMILES string of the molecule is N#Cc1ccc2nc(C3CCNCC3)sc2c1. The third kappa shape index (κ3) is 2.04. The molecule has 2 heterocycles. The molecule has 4 heteroatoms. The Morgan fingerprint density at radius 2 is 2.18 bits per heavy atom. The summed E-state index contributed by atoms with van der Waals surface area (Å²) in [5.74, 6) is 0.596. The van der Waals surface area contributed by atoms with Crippen molar-refractivity contribution in [1.29, 1.82) is 5.26 Å². The van der Waals surface area contributed by atoms with Gasteiger partial charge in [-0.05, 0) is 44.1 Å². The second-order valence-corrected chi connectivity index (χ2v) is 5.43. The largest absolute Gasteiger partial charge is 0.317 e. The van der Waals surface area contributed by atoms with Crippen LogP contribution in [-0.4, -0.2) is 18.1 Å². The minimum Gasteiger partial charge on any atom is -0.317 e. The maximum atomic E-state index is 8.88. The topological polar surface area (TPSA) is 48.7 Å². The van der Waals surface area contributed by atoms with E-state index in [9.17, 15) is 0 Å². The van der Waals surface area contributed by atoms with E-state index in [1.807, 2.05) is 18.2 Å². The summed E-state index contributed by atoms with van der Waals surface area (Å²) in [6.45, 7) is 2.17. The van der Waals surface area contributed by atoms with Crippen molar-refractivity contribution >= 4 is 21.6 Å². The number of fused-ring (bicyclic) bond motifs is 1. The Labute approximate surface area is 104 Å². The van der Waals surface area contributed by atoms with Crippen LogP contribution in [0.15, 0.2) is 18.2 Å². The second kappa shape index (κ2) is 4.44. The first-order valence-corrected chi connectivity index (χ1v) is 6.70. The Hall–Kier alpha value is -1.44. The molecule has 0 unspecified atom stereocenters. The number of rotatable bonds is 1. The summed E-state index contributed by atoms with van der Waals surface area (Å²) in [6.07, 6.45) is 2.34. The predicted octanol–water partition coefficient (Wildman–Crippen LogP) is 2.63. The molecule has 86 valence electrons. The van der Waals surface area contributed by atoms with Gasteiger partial charge in [-0.15, -0.1) is 11.3 Å². The highest BCUT2D eigenvalue weighted by molar-refractivity contribution is 7.18. The summed E-state index contributed by atoms with van der Waals surface area (Å²) in [4.78, 5) is 4.69. The van der Waals surface area contributed by atoms with E-state index in [4.69, 9.17) is 10.2 Å². The lowest BCUT2D eigenvalue weighted by Gasteiger charge is -2.20. The Kier molecular flexibility index (Phi) is 2.79. The zero-order valence-electron chi connectivity index (χ0n) is 9.44. The van der Waals surface area contributed by atoms with Crippen LogP contribution in [0.4, 0.5) is 0 Å². The van der Waals surface area contributed by atoms with Crippen molar-refractivity contribution in [1.82, 2.24) is 10.3 Å². The average Bonchev–Trinajstić information content (AvgIpc) is 2.82. The van der Waals surface area contributed by atoms with Crippen LogP contribution in [0.25, 0.3) is 10.2 Å². The van der Waals surface area contributed by atoms with E-state index in [1.54, 1.807) is 11.3 Å². The van der Waals surface area contributed by atoms with Crippen LogP contribution in [0, 0.1) is 11.3 Å². The van der Waals surface area contributed by atoms with Gasteiger partial charge in [-0.2, -0.15) is 5.26 Å². The van der Waals surface area contributed by atoms with Crippen LogP contribution in [0.5, 0.6) is 0 Å². The first-order valence-electron chi connectivity index (χ1n) is 5.88. The molecule has 1 aliphatic heterocycles. The molecular formula is C13H13N3S. The fourth-order valence-electron chi connectivity index (χ4n) is 2.26. The van der Waals surface area contributed by atoms with Gasteiger partial charge < -0.3 is 5.32 Å². The van der Waals surface area contributed by atoms with Crippen molar-refractivity contribution in [2.24, 2.45) is 0 Å². The van der Waals surface area contributed by atoms with Crippen LogP contribution in [0.3, 0.4) is 0 Å². The van der Waals surface area contributed by atoms with Crippen molar-refractivity contribution in [3.63, 3.8) is 0 Å². The molecule has 0 bridgehead atoms. The number of nitriles is 1. The van der Waals surface area contributed by atoms with Gasteiger partial charge in [0.1, 0.15) is 0 Å². The standard InChI is InChI=1S/C13H13N3S/c14-8-9-1-2-11-12(7-9)17-13(16-11)10-3-5-15-6-4-10/h1-2,7,10,15H,3-6H2. The van der Waals surface area contributed by atoms with Crippen LogP contribution in [0.2, 0.25) is 0 Å². The molecule has 1 aromatic heterocycles. The van der Waals surface area contributed by atoms with Crippen molar-refractivity contribution in [3.8, 4) is 6.07 Å². The van der Waals surface area contributed by atoms with Gasteiger partial charge in [0.15, 0.2) is 0 Å². The van der Waals surface area contributed by atoms with Gasteiger partial charge in [0, 0.05) is 5.92 Å². The lowest BCUT2D eigenvalue weighted by atomic mass is 9.99. The van der Waals surface area contributed by atoms with Crippen molar-refractivity contribution in [3.05, 3.63) is 28.8 Å². The molecular weight excluding hydrogens is 230 g/mol. The predicted molar refractivity (Wildman–Crippen MR) is 69.2 cm³/mol. The molecule has 0 amide bonds. The normalized spacial score (nSPS) is 17.1. The number of aromatic nitrogens is 1. The summed E-state index contributed by atoms with van der Waals surface area (Å²) in [5, 5.41) is 13.5. The molecule has 0 saturated carbocycles. The van der Waals surface area contributed by atoms with Crippen LogP contribution >= 0.6 is 11.3 Å². The maximum Gasteiger partial charge on any atom is 0.0992 e. The van der Waals surface area contributed by atoms with E-state index in [-0.39, 0.29) is 0 Å². The molecule has 0 aliphatic carbocycles. The quantitative estimate of drug-likeness (QED) is 0.837. The monoisotopic (exact) mass is 243 g/mol. The smallest absolute Gasteiger partial charge is 0.0992 e. The lowest BCUT2D eigenvalue weighted by Crippen LogP contribution is -2.26. The molecule has 0 atom stereocenters. The fraction of sp³-hybridized carbons (Fsp3) is 0.385. The number of benzene rings is 1. The van der Waals surface area contributed by atoms with Gasteiger partial charge in [-0.3, -0.25) is 0 Å². The number of hydrogen-bond donors (Lipinski definition) is 1. The number of piperidine rings is 1. The Morgan fingerprint density at radius 1 is 1.35 bits per heavy atom. The van der Waals surface area contributed by atoms with Crippen molar-refractivity contribution < 1.29 is 0 Å². The second-order valence-electron chi connectivity index (χ2n) is 4.37. The number of thiazole rings is 1. The van der Waals surface area contributed by atoms with E-state index in [2.05, 4.69) is 11.4 Å². The summed E-state index contributed by atoms with van der Waals surface area (Å²) in [5.41, 5.74) is 1.75. The highest BCUT2D eigenvalue weighted by Crippen LogP contribution is 2.32. The van der Waals surface area contributed by atoms with Gasteiger partial charge in [0.2, 0.25) is 0 Å². The first kappa shape index (κ1) is 10.7. The molecule has 1 saturated heterocycles. The van der Waals surface area contributed by atoms with E-state index in [1.165, 1.54) is 17.8 Å². The molecule has 0 spiro atoms. The van der Waals surface area contributed by atoms with Crippen LogP contribution in [0.1, 0.15) is 29.3 Å². The molecule has 2 aromatic rings. The Bertz CT molecular complexity index is 576. The van der Waals surface area contributed by atoms with Gasteiger partial charge in [-0.1, -0.05) is 0 Å². The van der Waals surface area contributed by atoms with E-state index in [0.717, 1.165) is 28.9 Å². The van der Waals surface area contributed by atoms with E-state index >= 15 is 0 Å². The van der Waals surface area contributed by atoms with E-state index in [0.29, 0.717) is 5.92 Å². The van der Waals surface area contributed by atoms with E-state index < -0.39 is 0 Å². The molecule has 1 N–H and O–H groups in total.